The molecule has 1 aromatic heterocycles. The minimum Gasteiger partial charge on any atom is -0.504 e. The summed E-state index contributed by atoms with van der Waals surface area (Å²) < 4.78 is 5.64. The molecule has 1 heterocycles. The molecular formula is C40H22O3. The minimum atomic E-state index is -0.0830. The third kappa shape index (κ3) is 3.03. The van der Waals surface area contributed by atoms with Gasteiger partial charge < -0.3 is 14.6 Å². The molecule has 0 atom stereocenters. The third-order valence-electron chi connectivity index (χ3n) is 9.31. The second-order valence-corrected chi connectivity index (χ2v) is 11.6. The first-order valence-electron chi connectivity index (χ1n) is 14.5. The van der Waals surface area contributed by atoms with E-state index in [0.717, 1.165) is 27.3 Å². The normalized spacial score (nSPS) is 12.4. The number of phenolic OH excluding ortho intramolecular Hbond substituents is 2. The molecule has 3 heteroatoms. The van der Waals surface area contributed by atoms with Crippen molar-refractivity contribution in [3.05, 3.63) is 121 Å². The Morgan fingerprint density at radius 2 is 0.884 bits per heavy atom. The Balaban J connectivity index is 0.000000114. The molecule has 0 aliphatic heterocycles. The Kier molecular flexibility index (Phi) is 4.21. The Hall–Kier alpha value is -5.80. The average Bonchev–Trinajstić information content (AvgIpc) is 3.84. The topological polar surface area (TPSA) is 53.6 Å². The van der Waals surface area contributed by atoms with Crippen LogP contribution in [0, 0.1) is 0 Å². The summed E-state index contributed by atoms with van der Waals surface area (Å²) in [7, 11) is 0. The van der Waals surface area contributed by atoms with Crippen LogP contribution in [0.1, 0.15) is 0 Å². The highest BCUT2D eigenvalue weighted by molar-refractivity contribution is 6.32. The fraction of sp³-hybridized carbons (Fsp3) is 0. The summed E-state index contributed by atoms with van der Waals surface area (Å²) in [6, 6.07) is 42.1. The summed E-state index contributed by atoms with van der Waals surface area (Å²) in [5.41, 5.74) is 2.09. The van der Waals surface area contributed by atoms with Crippen LogP contribution in [0.5, 0.6) is 11.5 Å². The molecule has 10 aromatic carbocycles. The molecule has 0 radical (unpaired) electrons. The average molecular weight is 551 g/mol. The van der Waals surface area contributed by atoms with Gasteiger partial charge in [-0.05, 0) is 106 Å². The van der Waals surface area contributed by atoms with E-state index in [0.29, 0.717) is 5.39 Å². The van der Waals surface area contributed by atoms with Gasteiger partial charge in [-0.15, -0.1) is 0 Å². The van der Waals surface area contributed by atoms with Gasteiger partial charge in [-0.25, -0.2) is 0 Å². The van der Waals surface area contributed by atoms with Crippen molar-refractivity contribution in [3.63, 3.8) is 0 Å². The maximum atomic E-state index is 10.2. The maximum Gasteiger partial charge on any atom is 0.178 e. The molecule has 0 fully saturated rings. The second kappa shape index (κ2) is 7.93. The van der Waals surface area contributed by atoms with Crippen LogP contribution >= 0.6 is 0 Å². The van der Waals surface area contributed by atoms with Crippen LogP contribution in [-0.4, -0.2) is 10.2 Å². The van der Waals surface area contributed by atoms with E-state index in [1.807, 2.05) is 12.1 Å². The molecule has 200 valence electrons. The lowest BCUT2D eigenvalue weighted by Crippen LogP contribution is -1.86. The van der Waals surface area contributed by atoms with E-state index in [9.17, 15) is 10.2 Å². The summed E-state index contributed by atoms with van der Waals surface area (Å²) in [5, 5.41) is 39.2. The molecule has 0 aliphatic rings. The Labute approximate surface area is 244 Å². The van der Waals surface area contributed by atoms with Crippen molar-refractivity contribution in [2.45, 2.75) is 0 Å². The summed E-state index contributed by atoms with van der Waals surface area (Å²) in [6.07, 6.45) is 0. The van der Waals surface area contributed by atoms with Crippen LogP contribution in [-0.2, 0) is 0 Å². The van der Waals surface area contributed by atoms with E-state index in [1.54, 1.807) is 6.07 Å². The van der Waals surface area contributed by atoms with Crippen LogP contribution in [0.25, 0.3) is 97.3 Å². The van der Waals surface area contributed by atoms with Crippen molar-refractivity contribution >= 4 is 97.3 Å². The number of hydrogen-bond acceptors (Lipinski definition) is 3. The lowest BCUT2D eigenvalue weighted by atomic mass is 9.91. The lowest BCUT2D eigenvalue weighted by Gasteiger charge is -2.13. The predicted molar refractivity (Wildman–Crippen MR) is 180 cm³/mol. The number of benzene rings is 10. The van der Waals surface area contributed by atoms with Crippen molar-refractivity contribution in [3.8, 4) is 11.5 Å². The standard InChI is InChI=1S/C20H12O2.C20H10O/c21-17-9-8-14-15-7-6-12-3-1-2-11-4-5-13(19(15)18(11)12)10-16(14)20(17)22;1-2-11-4-5-13-10-14-7-9-16-20(21-16)19(14)15-8-6-12(3-1)17(11)18(13)15/h1-10,21-22H;1-10H. The van der Waals surface area contributed by atoms with Crippen LogP contribution < -0.4 is 0 Å². The highest BCUT2D eigenvalue weighted by atomic mass is 16.4. The number of aromatic hydroxyl groups is 2. The van der Waals surface area contributed by atoms with E-state index in [1.165, 1.54) is 64.6 Å². The van der Waals surface area contributed by atoms with E-state index in [2.05, 4.69) is 103 Å². The molecule has 0 spiro atoms. The maximum absolute atomic E-state index is 10.2. The molecule has 43 heavy (non-hydrogen) atoms. The molecule has 0 bridgehead atoms. The van der Waals surface area contributed by atoms with Gasteiger partial charge in [0, 0.05) is 10.8 Å². The van der Waals surface area contributed by atoms with Crippen molar-refractivity contribution in [2.75, 3.05) is 0 Å². The van der Waals surface area contributed by atoms with Gasteiger partial charge in [-0.1, -0.05) is 91.0 Å². The molecular weight excluding hydrogens is 528 g/mol. The third-order valence-corrected chi connectivity index (χ3v) is 9.31. The zero-order chi connectivity index (χ0) is 28.4. The van der Waals surface area contributed by atoms with Crippen molar-refractivity contribution < 1.29 is 14.6 Å². The molecule has 11 aromatic rings. The first-order valence-corrected chi connectivity index (χ1v) is 14.5. The number of phenols is 2. The molecule has 3 nitrogen and oxygen atoms in total. The molecule has 11 rings (SSSR count). The summed E-state index contributed by atoms with van der Waals surface area (Å²) >= 11 is 0. The van der Waals surface area contributed by atoms with Crippen molar-refractivity contribution in [1.82, 2.24) is 0 Å². The first-order chi connectivity index (χ1) is 21.1. The summed E-state index contributed by atoms with van der Waals surface area (Å²) in [5.74, 6) is -0.136. The monoisotopic (exact) mass is 550 g/mol. The zero-order valence-corrected chi connectivity index (χ0v) is 22.8. The number of fused-ring (bicyclic) bond motifs is 6. The fourth-order valence-electron chi connectivity index (χ4n) is 7.34. The van der Waals surface area contributed by atoms with Crippen LogP contribution in [0.4, 0.5) is 0 Å². The van der Waals surface area contributed by atoms with E-state index in [4.69, 9.17) is 4.42 Å². The van der Waals surface area contributed by atoms with E-state index < -0.39 is 0 Å². The Bertz CT molecular complexity index is 2830. The van der Waals surface area contributed by atoms with Gasteiger partial charge in [-0.3, -0.25) is 0 Å². The van der Waals surface area contributed by atoms with Gasteiger partial charge in [-0.2, -0.15) is 0 Å². The van der Waals surface area contributed by atoms with Crippen molar-refractivity contribution in [1.29, 1.82) is 0 Å². The molecule has 0 unspecified atom stereocenters. The van der Waals surface area contributed by atoms with Gasteiger partial charge in [0.25, 0.3) is 0 Å². The number of hydrogen-bond donors (Lipinski definition) is 2. The van der Waals surface area contributed by atoms with Crippen LogP contribution in [0.2, 0.25) is 0 Å². The second-order valence-electron chi connectivity index (χ2n) is 11.6. The van der Waals surface area contributed by atoms with E-state index >= 15 is 0 Å². The zero-order valence-electron chi connectivity index (χ0n) is 22.8. The molecule has 0 amide bonds. The first kappa shape index (κ1) is 22.8. The fourth-order valence-corrected chi connectivity index (χ4v) is 7.34. The van der Waals surface area contributed by atoms with Crippen molar-refractivity contribution in [2.24, 2.45) is 0 Å². The molecule has 0 saturated heterocycles. The quantitative estimate of drug-likeness (QED) is 0.112. The number of rotatable bonds is 0. The molecule has 0 saturated carbocycles. The minimum absolute atomic E-state index is 0.0528. The largest absolute Gasteiger partial charge is 0.504 e. The summed E-state index contributed by atoms with van der Waals surface area (Å²) in [6.45, 7) is 0. The summed E-state index contributed by atoms with van der Waals surface area (Å²) in [4.78, 5) is 0. The smallest absolute Gasteiger partial charge is 0.178 e. The predicted octanol–water partition coefficient (Wildman–Crippen LogP) is 11.1. The van der Waals surface area contributed by atoms with Crippen LogP contribution in [0.15, 0.2) is 126 Å². The Morgan fingerprint density at radius 1 is 0.372 bits per heavy atom. The van der Waals surface area contributed by atoms with Gasteiger partial charge in [0.15, 0.2) is 22.7 Å². The van der Waals surface area contributed by atoms with Gasteiger partial charge in [0.2, 0.25) is 0 Å². The highest BCUT2D eigenvalue weighted by Crippen LogP contribution is 2.44. The van der Waals surface area contributed by atoms with Gasteiger partial charge >= 0.3 is 0 Å². The van der Waals surface area contributed by atoms with Crippen LogP contribution in [0.3, 0.4) is 0 Å². The van der Waals surface area contributed by atoms with Gasteiger partial charge in [0.05, 0.1) is 0 Å². The molecule has 0 aliphatic carbocycles. The Morgan fingerprint density at radius 3 is 1.58 bits per heavy atom. The highest BCUT2D eigenvalue weighted by Gasteiger charge is 2.17. The van der Waals surface area contributed by atoms with Gasteiger partial charge in [0.1, 0.15) is 0 Å². The SMILES string of the molecule is Oc1ccc2c(cc3ccc4cccc5ccc2c3c45)c1O.c1cc2ccc3cc4ccc5oc5c4c4ccc(c1)c2c34. The van der Waals surface area contributed by atoms with E-state index in [-0.39, 0.29) is 11.5 Å². The molecule has 2 N–H and O–H groups in total. The lowest BCUT2D eigenvalue weighted by molar-refractivity contribution is 0.408.